The lowest BCUT2D eigenvalue weighted by atomic mass is 10.1. The molecule has 1 rings (SSSR count). The van der Waals surface area contributed by atoms with Gasteiger partial charge in [0.2, 0.25) is 5.91 Å². The van der Waals surface area contributed by atoms with E-state index in [0.29, 0.717) is 18.0 Å². The van der Waals surface area contributed by atoms with Crippen LogP contribution in [0.2, 0.25) is 0 Å². The van der Waals surface area contributed by atoms with Crippen molar-refractivity contribution < 1.29 is 9.18 Å². The molecule has 3 nitrogen and oxygen atoms in total. The van der Waals surface area contributed by atoms with Crippen molar-refractivity contribution in [3.05, 3.63) is 29.6 Å². The summed E-state index contributed by atoms with van der Waals surface area (Å²) in [6, 6.07) is 4.72. The molecule has 0 saturated carbocycles. The van der Waals surface area contributed by atoms with Gasteiger partial charge in [0.1, 0.15) is 5.82 Å². The molecular weight excluding hydrogens is 231 g/mol. The van der Waals surface area contributed by atoms with Crippen LogP contribution in [0, 0.1) is 18.7 Å². The topological polar surface area (TPSA) is 41.1 Å². The fraction of sp³-hybridized carbons (Fsp3) is 0.500. The number of halogens is 1. The molecule has 4 heteroatoms. The van der Waals surface area contributed by atoms with E-state index in [9.17, 15) is 9.18 Å². The van der Waals surface area contributed by atoms with E-state index in [4.69, 9.17) is 0 Å². The number of benzene rings is 1. The van der Waals surface area contributed by atoms with Gasteiger partial charge in [0.05, 0.1) is 6.54 Å². The summed E-state index contributed by atoms with van der Waals surface area (Å²) in [6.45, 7) is 6.84. The zero-order valence-electron chi connectivity index (χ0n) is 11.2. The van der Waals surface area contributed by atoms with E-state index in [0.717, 1.165) is 12.1 Å². The van der Waals surface area contributed by atoms with Crippen LogP contribution >= 0.6 is 0 Å². The van der Waals surface area contributed by atoms with Crippen molar-refractivity contribution in [2.45, 2.75) is 27.2 Å². The normalized spacial score (nSPS) is 10.5. The van der Waals surface area contributed by atoms with E-state index in [-0.39, 0.29) is 18.3 Å². The Hall–Kier alpha value is -1.58. The molecule has 0 fully saturated rings. The Morgan fingerprint density at radius 3 is 2.72 bits per heavy atom. The van der Waals surface area contributed by atoms with Gasteiger partial charge >= 0.3 is 0 Å². The lowest BCUT2D eigenvalue weighted by molar-refractivity contribution is -0.119. The van der Waals surface area contributed by atoms with Gasteiger partial charge in [-0.1, -0.05) is 13.8 Å². The number of aryl methyl sites for hydroxylation is 1. The van der Waals surface area contributed by atoms with Crippen molar-refractivity contribution >= 4 is 11.6 Å². The van der Waals surface area contributed by atoms with Gasteiger partial charge in [-0.25, -0.2) is 4.39 Å². The van der Waals surface area contributed by atoms with Crippen LogP contribution in [0.5, 0.6) is 0 Å². The molecule has 0 spiro atoms. The first-order valence-electron chi connectivity index (χ1n) is 6.25. The predicted octanol–water partition coefficient (Wildman–Crippen LogP) is 2.71. The van der Waals surface area contributed by atoms with Crippen LogP contribution in [0.4, 0.5) is 10.1 Å². The largest absolute Gasteiger partial charge is 0.376 e. The molecular formula is C14H21FN2O. The zero-order valence-corrected chi connectivity index (χ0v) is 11.2. The summed E-state index contributed by atoms with van der Waals surface area (Å²) in [6.07, 6.45) is 0.974. The number of nitrogens with one attached hydrogen (secondary N) is 2. The van der Waals surface area contributed by atoms with Crippen LogP contribution in [0.15, 0.2) is 18.2 Å². The van der Waals surface area contributed by atoms with E-state index in [1.807, 2.05) is 0 Å². The first-order valence-corrected chi connectivity index (χ1v) is 6.25. The Kier molecular flexibility index (Phi) is 5.62. The van der Waals surface area contributed by atoms with Crippen molar-refractivity contribution in [3.8, 4) is 0 Å². The summed E-state index contributed by atoms with van der Waals surface area (Å²) in [5.74, 6) is 0.303. The standard InChI is InChI=1S/C14H21FN2O/c1-10(2)6-7-16-14(18)9-17-12-4-5-13(15)11(3)8-12/h4-5,8,10,17H,6-7,9H2,1-3H3,(H,16,18). The smallest absolute Gasteiger partial charge is 0.239 e. The maximum Gasteiger partial charge on any atom is 0.239 e. The molecule has 0 radical (unpaired) electrons. The summed E-state index contributed by atoms with van der Waals surface area (Å²) in [5, 5.41) is 5.81. The maximum absolute atomic E-state index is 13.0. The van der Waals surface area contributed by atoms with Crippen LogP contribution in [-0.4, -0.2) is 19.0 Å². The number of amides is 1. The lowest BCUT2D eigenvalue weighted by Crippen LogP contribution is -2.31. The highest BCUT2D eigenvalue weighted by Crippen LogP contribution is 2.13. The Morgan fingerprint density at radius 1 is 1.39 bits per heavy atom. The molecule has 0 atom stereocenters. The molecule has 0 heterocycles. The van der Waals surface area contributed by atoms with Crippen molar-refractivity contribution in [1.82, 2.24) is 5.32 Å². The number of carbonyl (C=O) groups excluding carboxylic acids is 1. The molecule has 1 aromatic carbocycles. The van der Waals surface area contributed by atoms with Crippen LogP contribution in [-0.2, 0) is 4.79 Å². The van der Waals surface area contributed by atoms with Gasteiger partial charge in [0, 0.05) is 12.2 Å². The monoisotopic (exact) mass is 252 g/mol. The fourth-order valence-electron chi connectivity index (χ4n) is 1.50. The Labute approximate surface area is 108 Å². The van der Waals surface area contributed by atoms with Crippen LogP contribution in [0.1, 0.15) is 25.8 Å². The van der Waals surface area contributed by atoms with Crippen LogP contribution in [0.25, 0.3) is 0 Å². The average molecular weight is 252 g/mol. The molecule has 0 unspecified atom stereocenters. The Balaban J connectivity index is 2.31. The van der Waals surface area contributed by atoms with Crippen LogP contribution < -0.4 is 10.6 Å². The Morgan fingerprint density at radius 2 is 2.11 bits per heavy atom. The summed E-state index contributed by atoms with van der Waals surface area (Å²) in [4.78, 5) is 11.5. The highest BCUT2D eigenvalue weighted by molar-refractivity contribution is 5.80. The number of hydrogen-bond acceptors (Lipinski definition) is 2. The molecule has 1 amide bonds. The van der Waals surface area contributed by atoms with E-state index >= 15 is 0 Å². The van der Waals surface area contributed by atoms with Gasteiger partial charge < -0.3 is 10.6 Å². The van der Waals surface area contributed by atoms with Gasteiger partial charge in [-0.05, 0) is 43.0 Å². The number of rotatable bonds is 6. The lowest BCUT2D eigenvalue weighted by Gasteiger charge is -2.09. The van der Waals surface area contributed by atoms with E-state index in [2.05, 4.69) is 24.5 Å². The molecule has 0 aliphatic heterocycles. The molecule has 0 aliphatic rings. The first-order chi connectivity index (χ1) is 8.49. The quantitative estimate of drug-likeness (QED) is 0.817. The fourth-order valence-corrected chi connectivity index (χ4v) is 1.50. The summed E-state index contributed by atoms with van der Waals surface area (Å²) >= 11 is 0. The van der Waals surface area contributed by atoms with Gasteiger partial charge in [-0.15, -0.1) is 0 Å². The van der Waals surface area contributed by atoms with Gasteiger partial charge in [0.15, 0.2) is 0 Å². The van der Waals surface area contributed by atoms with E-state index in [1.165, 1.54) is 6.07 Å². The summed E-state index contributed by atoms with van der Waals surface area (Å²) in [7, 11) is 0. The summed E-state index contributed by atoms with van der Waals surface area (Å²) < 4.78 is 13.0. The molecule has 0 bridgehead atoms. The third kappa shape index (κ3) is 5.17. The average Bonchev–Trinajstić information content (AvgIpc) is 2.30. The second-order valence-electron chi connectivity index (χ2n) is 4.85. The number of anilines is 1. The highest BCUT2D eigenvalue weighted by atomic mass is 19.1. The molecule has 0 aliphatic carbocycles. The number of hydrogen-bond donors (Lipinski definition) is 2. The van der Waals surface area contributed by atoms with Crippen molar-refractivity contribution in [2.75, 3.05) is 18.4 Å². The van der Waals surface area contributed by atoms with E-state index in [1.54, 1.807) is 19.1 Å². The molecule has 18 heavy (non-hydrogen) atoms. The molecule has 0 saturated heterocycles. The minimum atomic E-state index is -0.234. The number of carbonyl (C=O) groups is 1. The minimum Gasteiger partial charge on any atom is -0.376 e. The second-order valence-corrected chi connectivity index (χ2v) is 4.85. The van der Waals surface area contributed by atoms with Crippen molar-refractivity contribution in [3.63, 3.8) is 0 Å². The second kappa shape index (κ2) is 6.99. The van der Waals surface area contributed by atoms with E-state index < -0.39 is 0 Å². The maximum atomic E-state index is 13.0. The molecule has 2 N–H and O–H groups in total. The zero-order chi connectivity index (χ0) is 13.5. The SMILES string of the molecule is Cc1cc(NCC(=O)NCCC(C)C)ccc1F. The molecule has 0 aromatic heterocycles. The molecule has 100 valence electrons. The Bertz CT molecular complexity index is 405. The minimum absolute atomic E-state index is 0.0439. The van der Waals surface area contributed by atoms with Gasteiger partial charge in [-0.3, -0.25) is 4.79 Å². The molecule has 1 aromatic rings. The summed E-state index contributed by atoms with van der Waals surface area (Å²) in [5.41, 5.74) is 1.33. The third-order valence-corrected chi connectivity index (χ3v) is 2.65. The van der Waals surface area contributed by atoms with Crippen molar-refractivity contribution in [1.29, 1.82) is 0 Å². The third-order valence-electron chi connectivity index (χ3n) is 2.65. The van der Waals surface area contributed by atoms with Crippen LogP contribution in [0.3, 0.4) is 0 Å². The van der Waals surface area contributed by atoms with Crippen molar-refractivity contribution in [2.24, 2.45) is 5.92 Å². The van der Waals surface area contributed by atoms with Gasteiger partial charge in [-0.2, -0.15) is 0 Å². The first kappa shape index (κ1) is 14.5. The highest BCUT2D eigenvalue weighted by Gasteiger charge is 2.03. The van der Waals surface area contributed by atoms with Gasteiger partial charge in [0.25, 0.3) is 0 Å². The predicted molar refractivity (Wildman–Crippen MR) is 72.1 cm³/mol.